The van der Waals surface area contributed by atoms with Crippen molar-refractivity contribution in [2.75, 3.05) is 4.90 Å². The van der Waals surface area contributed by atoms with Crippen LogP contribution in [0.1, 0.15) is 42.9 Å². The Morgan fingerprint density at radius 2 is 1.27 bits per heavy atom. The zero-order valence-corrected chi connectivity index (χ0v) is 34.5. The first kappa shape index (κ1) is 35.0. The van der Waals surface area contributed by atoms with Gasteiger partial charge < -0.3 is 9.47 Å². The normalized spacial score (nSPS) is 15.4. The van der Waals surface area contributed by atoms with Gasteiger partial charge in [-0.15, -0.1) is 11.3 Å². The van der Waals surface area contributed by atoms with Gasteiger partial charge >= 0.3 is 0 Å². The first-order chi connectivity index (χ1) is 29.5. The molecular weight excluding hydrogens is 745 g/mol. The number of para-hydroxylation sites is 2. The van der Waals surface area contributed by atoms with Gasteiger partial charge in [-0.25, -0.2) is 0 Å². The van der Waals surface area contributed by atoms with Crippen molar-refractivity contribution in [1.82, 2.24) is 4.57 Å². The predicted molar refractivity (Wildman–Crippen MR) is 256 cm³/mol. The first-order valence-corrected chi connectivity index (χ1v) is 21.8. The fourth-order valence-corrected chi connectivity index (χ4v) is 11.3. The van der Waals surface area contributed by atoms with Gasteiger partial charge in [-0.1, -0.05) is 153 Å². The summed E-state index contributed by atoms with van der Waals surface area (Å²) in [6.45, 7) is 4.71. The van der Waals surface area contributed by atoms with Gasteiger partial charge in [0, 0.05) is 54.6 Å². The van der Waals surface area contributed by atoms with Crippen molar-refractivity contribution in [3.8, 4) is 27.9 Å². The molecule has 286 valence electrons. The lowest BCUT2D eigenvalue weighted by atomic mass is 9.82. The van der Waals surface area contributed by atoms with Crippen LogP contribution < -0.4 is 4.90 Å². The highest BCUT2D eigenvalue weighted by Crippen LogP contribution is 2.50. The Bertz CT molecular complexity index is 3380. The molecule has 0 aliphatic heterocycles. The van der Waals surface area contributed by atoms with Crippen molar-refractivity contribution in [3.63, 3.8) is 0 Å². The van der Waals surface area contributed by atoms with Crippen LogP contribution in [0.4, 0.5) is 11.4 Å². The summed E-state index contributed by atoms with van der Waals surface area (Å²) in [6, 6.07) is 67.4. The molecule has 2 aliphatic rings. The second kappa shape index (κ2) is 13.6. The van der Waals surface area contributed by atoms with Crippen LogP contribution in [0.2, 0.25) is 0 Å². The maximum absolute atomic E-state index is 2.47. The van der Waals surface area contributed by atoms with E-state index in [1.165, 1.54) is 104 Å². The minimum Gasteiger partial charge on any atom is -0.311 e. The third-order valence-corrected chi connectivity index (χ3v) is 14.4. The number of allylic oxidation sites excluding steroid dienone is 3. The van der Waals surface area contributed by atoms with E-state index in [4.69, 9.17) is 0 Å². The smallest absolute Gasteiger partial charge is 0.0640 e. The van der Waals surface area contributed by atoms with E-state index in [2.05, 4.69) is 224 Å². The fraction of sp³-hybridized carbons (Fsp3) is 0.0877. The molecule has 1 atom stereocenters. The van der Waals surface area contributed by atoms with Crippen molar-refractivity contribution in [2.45, 2.75) is 31.6 Å². The van der Waals surface area contributed by atoms with Crippen molar-refractivity contribution in [2.24, 2.45) is 0 Å². The van der Waals surface area contributed by atoms with Crippen molar-refractivity contribution < 1.29 is 0 Å². The Morgan fingerprint density at radius 1 is 0.550 bits per heavy atom. The zero-order valence-electron chi connectivity index (χ0n) is 33.6. The molecule has 2 nitrogen and oxygen atoms in total. The monoisotopic (exact) mass is 786 g/mol. The molecule has 2 aliphatic carbocycles. The molecule has 0 N–H and O–H groups in total. The van der Waals surface area contributed by atoms with Gasteiger partial charge in [-0.3, -0.25) is 0 Å². The number of thiophene rings is 1. The number of aromatic nitrogens is 1. The van der Waals surface area contributed by atoms with Crippen molar-refractivity contribution in [3.05, 3.63) is 223 Å². The second-order valence-corrected chi connectivity index (χ2v) is 17.9. The average molecular weight is 787 g/mol. The van der Waals surface area contributed by atoms with Gasteiger partial charge in [-0.05, 0) is 106 Å². The molecule has 0 spiro atoms. The Hall–Kier alpha value is -6.94. The Labute approximate surface area is 354 Å². The quantitative estimate of drug-likeness (QED) is 0.163. The summed E-state index contributed by atoms with van der Waals surface area (Å²) in [7, 11) is 0. The average Bonchev–Trinajstić information content (AvgIpc) is 3.92. The van der Waals surface area contributed by atoms with Crippen LogP contribution in [-0.2, 0) is 5.41 Å². The zero-order chi connectivity index (χ0) is 40.0. The van der Waals surface area contributed by atoms with Gasteiger partial charge in [0.2, 0.25) is 0 Å². The maximum atomic E-state index is 2.47. The molecule has 0 fully saturated rings. The molecule has 0 saturated heterocycles. The summed E-state index contributed by atoms with van der Waals surface area (Å²) in [5, 5.41) is 5.19. The highest BCUT2D eigenvalue weighted by Gasteiger charge is 2.36. The van der Waals surface area contributed by atoms with Crippen molar-refractivity contribution >= 4 is 64.7 Å². The standard InChI is InChI=1S/C57H42N2S/c1-57(2)50-19-9-6-15-44(50)45-33-32-43(36-51(45)57)58(41-13-4-3-5-14-41)42-30-27-38(28-31-42)37-23-25-39(26-24-37)40-29-34-53-49(35-40)46-16-7-10-20-52(46)59(53)54-21-12-18-48-47-17-8-11-22-55(47)60-56(48)54/h3-27,29-36,38H,28H2,1-2H3. The SMILES string of the molecule is CC1(C)c2ccccc2-c2ccc(N(C3=CCC(c4ccc(-c5ccc6c(c5)c5ccccc5n6-c5cccc6c5sc5ccccc56)cc4)C=C3)c3ccccc3)cc21. The number of rotatable bonds is 6. The lowest BCUT2D eigenvalue weighted by Gasteiger charge is -2.30. The molecule has 1 unspecified atom stereocenters. The van der Waals surface area contributed by atoms with Crippen LogP contribution in [0.5, 0.6) is 0 Å². The Morgan fingerprint density at radius 3 is 2.12 bits per heavy atom. The topological polar surface area (TPSA) is 8.17 Å². The van der Waals surface area contributed by atoms with E-state index in [9.17, 15) is 0 Å². The fourth-order valence-electron chi connectivity index (χ4n) is 10.1. The van der Waals surface area contributed by atoms with Gasteiger partial charge in [0.15, 0.2) is 0 Å². The number of nitrogens with zero attached hydrogens (tertiary/aromatic N) is 2. The second-order valence-electron chi connectivity index (χ2n) is 16.9. The van der Waals surface area contributed by atoms with Crippen LogP contribution >= 0.6 is 11.3 Å². The first-order valence-electron chi connectivity index (χ1n) is 21.0. The summed E-state index contributed by atoms with van der Waals surface area (Å²) in [6.07, 6.45) is 8.08. The largest absolute Gasteiger partial charge is 0.311 e. The molecule has 10 aromatic rings. The number of fused-ring (bicyclic) bond motifs is 9. The molecule has 3 heteroatoms. The molecule has 0 radical (unpaired) electrons. The summed E-state index contributed by atoms with van der Waals surface area (Å²) >= 11 is 1.89. The predicted octanol–water partition coefficient (Wildman–Crippen LogP) is 15.9. The number of benzene rings is 8. The van der Waals surface area contributed by atoms with Gasteiger partial charge in [0.1, 0.15) is 0 Å². The van der Waals surface area contributed by atoms with Crippen molar-refractivity contribution in [1.29, 1.82) is 0 Å². The highest BCUT2D eigenvalue weighted by molar-refractivity contribution is 7.26. The minimum absolute atomic E-state index is 0.0574. The molecule has 2 heterocycles. The van der Waals surface area contributed by atoms with E-state index in [1.807, 2.05) is 11.3 Å². The van der Waals surface area contributed by atoms with Crippen LogP contribution in [-0.4, -0.2) is 4.57 Å². The summed E-state index contributed by atoms with van der Waals surface area (Å²) in [4.78, 5) is 2.42. The molecule has 12 rings (SSSR count). The van der Waals surface area contributed by atoms with E-state index < -0.39 is 0 Å². The molecule has 0 saturated carbocycles. The van der Waals surface area contributed by atoms with Gasteiger partial charge in [0.05, 0.1) is 21.4 Å². The van der Waals surface area contributed by atoms with Gasteiger partial charge in [0.25, 0.3) is 0 Å². The van der Waals surface area contributed by atoms with E-state index in [0.29, 0.717) is 5.92 Å². The molecule has 60 heavy (non-hydrogen) atoms. The molecule has 0 amide bonds. The highest BCUT2D eigenvalue weighted by atomic mass is 32.1. The van der Waals surface area contributed by atoms with E-state index in [-0.39, 0.29) is 5.41 Å². The van der Waals surface area contributed by atoms with Gasteiger partial charge in [-0.2, -0.15) is 0 Å². The molecule has 0 bridgehead atoms. The van der Waals surface area contributed by atoms with Crippen LogP contribution in [0.25, 0.3) is 69.9 Å². The van der Waals surface area contributed by atoms with Crippen LogP contribution in [0, 0.1) is 0 Å². The number of hydrogen-bond acceptors (Lipinski definition) is 2. The van der Waals surface area contributed by atoms with E-state index >= 15 is 0 Å². The van der Waals surface area contributed by atoms with Crippen LogP contribution in [0.15, 0.2) is 206 Å². The van der Waals surface area contributed by atoms with E-state index in [0.717, 1.165) is 6.42 Å². The molecule has 8 aromatic carbocycles. The maximum Gasteiger partial charge on any atom is 0.0640 e. The Kier molecular flexibility index (Phi) is 7.92. The lowest BCUT2D eigenvalue weighted by Crippen LogP contribution is -2.19. The van der Waals surface area contributed by atoms with E-state index in [1.54, 1.807) is 0 Å². The summed E-state index contributed by atoms with van der Waals surface area (Å²) in [5.41, 5.74) is 16.5. The summed E-state index contributed by atoms with van der Waals surface area (Å²) < 4.78 is 5.12. The summed E-state index contributed by atoms with van der Waals surface area (Å²) in [5.74, 6) is 0.311. The molecule has 2 aromatic heterocycles. The minimum atomic E-state index is -0.0574. The molecular formula is C57H42N2S. The number of hydrogen-bond donors (Lipinski definition) is 0. The Balaban J connectivity index is 0.850. The number of anilines is 2. The third kappa shape index (κ3) is 5.39. The third-order valence-electron chi connectivity index (χ3n) is 13.1. The van der Waals surface area contributed by atoms with Crippen LogP contribution in [0.3, 0.4) is 0 Å². The lowest BCUT2D eigenvalue weighted by molar-refractivity contribution is 0.660.